The predicted molar refractivity (Wildman–Crippen MR) is 303 cm³/mol. The summed E-state index contributed by atoms with van der Waals surface area (Å²) in [4.78, 5) is 0. The smallest absolute Gasteiger partial charge is 0.164 e. The molecule has 4 N–H and O–H groups in total. The third-order valence-corrected chi connectivity index (χ3v) is 10.6. The van der Waals surface area contributed by atoms with Gasteiger partial charge in [-0.3, -0.25) is 0 Å². The highest BCUT2D eigenvalue weighted by Gasteiger charge is 2.11. The van der Waals surface area contributed by atoms with Gasteiger partial charge in [0, 0.05) is 86.9 Å². The van der Waals surface area contributed by atoms with Gasteiger partial charge in [0.25, 0.3) is 0 Å². The quantitative estimate of drug-likeness (QED) is 0.0235. The fourth-order valence-electron chi connectivity index (χ4n) is 5.62. The van der Waals surface area contributed by atoms with Crippen molar-refractivity contribution >= 4 is 31.9 Å². The fraction of sp³-hybridized carbons (Fsp3) is 0.424. The summed E-state index contributed by atoms with van der Waals surface area (Å²) in [7, 11) is 9.45. The average molecular weight is 1160 g/mol. The SMILES string of the molecule is BrCCCOCc1ccccc1.C#CCCCOCc1ccccc1.COc1cc(OC)c(OC)cc1C#CCCCOCc1ccccc1.COc1cc(OC)c(OC)cc1CO.OCCCBr.OCCCO. The number of unbranched alkanes of at least 4 members (excludes halogenated alkanes) is 2. The third kappa shape index (κ3) is 34.2. The highest BCUT2D eigenvalue weighted by Crippen LogP contribution is 2.35. The van der Waals surface area contributed by atoms with Gasteiger partial charge >= 0.3 is 0 Å². The number of benzene rings is 5. The largest absolute Gasteiger partial charge is 0.496 e. The van der Waals surface area contributed by atoms with E-state index in [4.69, 9.17) is 69.5 Å². The van der Waals surface area contributed by atoms with Crippen LogP contribution in [0.4, 0.5) is 0 Å². The van der Waals surface area contributed by atoms with Gasteiger partial charge in [-0.1, -0.05) is 135 Å². The Bertz CT molecular complexity index is 2100. The van der Waals surface area contributed by atoms with E-state index in [9.17, 15) is 0 Å². The molecule has 0 spiro atoms. The molecule has 0 heterocycles. The number of hydrogen-bond donors (Lipinski definition) is 4. The van der Waals surface area contributed by atoms with E-state index in [1.807, 2.05) is 60.7 Å². The lowest BCUT2D eigenvalue weighted by Gasteiger charge is -2.12. The highest BCUT2D eigenvalue weighted by atomic mass is 79.9. The molecule has 15 heteroatoms. The van der Waals surface area contributed by atoms with Gasteiger partial charge in [0.05, 0.1) is 74.6 Å². The Balaban J connectivity index is 0.000000939. The van der Waals surface area contributed by atoms with E-state index < -0.39 is 0 Å². The standard InChI is InChI=1S/C21H24O4.C12H14O.C10H13BrO.C10H14O4.C3H7BrO.C3H8O2/c1-22-19-15-21(24-3)20(23-2)14-18(19)12-8-5-9-13-25-16-17-10-6-4-7-11-17;1-2-3-7-10-13-11-12-8-5-4-6-9-12;11-7-4-8-12-9-10-5-2-1-3-6-10;1-12-8-5-10(14-3)9(13-2)4-7(8)6-11;2*4-2-1-3-5/h4,6-7,10-11,14-15H,5,9,13,16H2,1-3H3;1,4-6,8-9H,3,7,10-11H2;1-3,5-6H,4,7-9H2;4-5,11H,6H2,1-3H3;5H,1-3H2;4-5H,1-3H2. The molecule has 0 atom stereocenters. The lowest BCUT2D eigenvalue weighted by molar-refractivity contribution is 0.119. The van der Waals surface area contributed by atoms with Gasteiger partial charge in [-0.15, -0.1) is 12.3 Å². The van der Waals surface area contributed by atoms with Crippen LogP contribution in [0, 0.1) is 24.2 Å². The summed E-state index contributed by atoms with van der Waals surface area (Å²) in [5.41, 5.74) is 5.09. The zero-order valence-electron chi connectivity index (χ0n) is 44.2. The Hall–Kier alpha value is -5.30. The van der Waals surface area contributed by atoms with Crippen LogP contribution in [-0.4, -0.2) is 113 Å². The van der Waals surface area contributed by atoms with Crippen LogP contribution in [0.3, 0.4) is 0 Å². The first-order valence-electron chi connectivity index (χ1n) is 24.2. The molecule has 0 radical (unpaired) electrons. The molecule has 0 aliphatic rings. The molecule has 13 nitrogen and oxygen atoms in total. The van der Waals surface area contributed by atoms with E-state index in [1.165, 1.54) is 16.7 Å². The Labute approximate surface area is 458 Å². The van der Waals surface area contributed by atoms with E-state index in [1.54, 1.807) is 60.9 Å². The molecular weight excluding hydrogens is 1080 g/mol. The maximum absolute atomic E-state index is 9.06. The van der Waals surface area contributed by atoms with Gasteiger partial charge in [-0.25, -0.2) is 0 Å². The van der Waals surface area contributed by atoms with Gasteiger partial charge in [0.15, 0.2) is 23.0 Å². The summed E-state index contributed by atoms with van der Waals surface area (Å²) in [6.07, 6.45) is 10.9. The topological polar surface area (TPSA) is 164 Å². The first kappa shape index (κ1) is 68.7. The summed E-state index contributed by atoms with van der Waals surface area (Å²) in [5, 5.41) is 34.8. The average Bonchev–Trinajstić information content (AvgIpc) is 3.45. The van der Waals surface area contributed by atoms with Gasteiger partial charge in [0.2, 0.25) is 0 Å². The number of rotatable bonds is 26. The maximum atomic E-state index is 9.06. The Morgan fingerprint density at radius 2 is 0.811 bits per heavy atom. The van der Waals surface area contributed by atoms with Crippen molar-refractivity contribution in [1.29, 1.82) is 0 Å². The molecule has 0 aliphatic carbocycles. The lowest BCUT2D eigenvalue weighted by Crippen LogP contribution is -1.96. The van der Waals surface area contributed by atoms with Crippen LogP contribution in [0.25, 0.3) is 0 Å². The van der Waals surface area contributed by atoms with Crippen LogP contribution < -0.4 is 28.4 Å². The summed E-state index contributed by atoms with van der Waals surface area (Å²) >= 11 is 6.51. The number of ether oxygens (including phenoxy) is 9. The van der Waals surface area contributed by atoms with Crippen molar-refractivity contribution in [3.8, 4) is 58.7 Å². The van der Waals surface area contributed by atoms with Crippen LogP contribution in [0.5, 0.6) is 34.5 Å². The highest BCUT2D eigenvalue weighted by molar-refractivity contribution is 9.09. The molecule has 5 rings (SSSR count). The normalized spacial score (nSPS) is 9.61. The molecule has 0 amide bonds. The summed E-state index contributed by atoms with van der Waals surface area (Å²) < 4.78 is 47.7. The van der Waals surface area contributed by atoms with Crippen molar-refractivity contribution in [3.05, 3.63) is 143 Å². The second-order valence-corrected chi connectivity index (χ2v) is 16.6. The van der Waals surface area contributed by atoms with Crippen LogP contribution >= 0.6 is 31.9 Å². The van der Waals surface area contributed by atoms with Crippen molar-refractivity contribution < 1.29 is 63.1 Å². The molecule has 0 aliphatic heterocycles. The van der Waals surface area contributed by atoms with Crippen molar-refractivity contribution in [3.63, 3.8) is 0 Å². The van der Waals surface area contributed by atoms with Gasteiger partial charge in [-0.05, 0) is 54.9 Å². The van der Waals surface area contributed by atoms with Gasteiger partial charge < -0.3 is 63.1 Å². The lowest BCUT2D eigenvalue weighted by atomic mass is 10.1. The van der Waals surface area contributed by atoms with Crippen molar-refractivity contribution in [2.45, 2.75) is 71.4 Å². The minimum absolute atomic E-state index is 0.0937. The molecule has 0 unspecified atom stereocenters. The van der Waals surface area contributed by atoms with E-state index in [2.05, 4.69) is 86.0 Å². The van der Waals surface area contributed by atoms with Crippen LogP contribution in [0.2, 0.25) is 0 Å². The van der Waals surface area contributed by atoms with E-state index in [-0.39, 0.29) is 19.8 Å². The van der Waals surface area contributed by atoms with Gasteiger partial charge in [0.1, 0.15) is 11.5 Å². The monoisotopic (exact) mass is 1150 g/mol. The van der Waals surface area contributed by atoms with Crippen LogP contribution in [0.15, 0.2) is 115 Å². The number of alkyl halides is 2. The van der Waals surface area contributed by atoms with Gasteiger partial charge in [-0.2, -0.15) is 0 Å². The molecule has 5 aromatic carbocycles. The molecule has 5 aromatic rings. The molecule has 0 saturated heterocycles. The number of aliphatic hydroxyl groups is 4. The molecule has 408 valence electrons. The van der Waals surface area contributed by atoms with Crippen molar-refractivity contribution in [2.75, 3.05) is 93.0 Å². The maximum Gasteiger partial charge on any atom is 0.164 e. The minimum atomic E-state index is -0.0937. The van der Waals surface area contributed by atoms with Crippen LogP contribution in [-0.2, 0) is 40.6 Å². The first-order chi connectivity index (χ1) is 36.2. The van der Waals surface area contributed by atoms with E-state index in [0.717, 1.165) is 74.6 Å². The molecule has 0 bridgehead atoms. The second kappa shape index (κ2) is 49.9. The van der Waals surface area contributed by atoms with Crippen molar-refractivity contribution in [1.82, 2.24) is 0 Å². The predicted octanol–water partition coefficient (Wildman–Crippen LogP) is 11.0. The second-order valence-electron chi connectivity index (χ2n) is 15.0. The molecule has 74 heavy (non-hydrogen) atoms. The Morgan fingerprint density at radius 1 is 0.432 bits per heavy atom. The van der Waals surface area contributed by atoms with Crippen molar-refractivity contribution in [2.24, 2.45) is 0 Å². The zero-order chi connectivity index (χ0) is 54.7. The molecule has 0 saturated carbocycles. The molecule has 0 fully saturated rings. The number of methoxy groups -OCH3 is 6. The summed E-state index contributed by atoms with van der Waals surface area (Å²) in [5.74, 6) is 12.6. The number of aliphatic hydroxyl groups excluding tert-OH is 4. The fourth-order valence-corrected chi connectivity index (χ4v) is 6.10. The number of hydrogen-bond acceptors (Lipinski definition) is 13. The summed E-state index contributed by atoms with van der Waals surface area (Å²) in [6.45, 7) is 4.71. The Kier molecular flexibility index (Phi) is 46.3. The summed E-state index contributed by atoms with van der Waals surface area (Å²) in [6, 6.07) is 37.5. The zero-order valence-corrected chi connectivity index (χ0v) is 47.4. The van der Waals surface area contributed by atoms with Crippen LogP contribution in [0.1, 0.15) is 72.8 Å². The Morgan fingerprint density at radius 3 is 1.16 bits per heavy atom. The molecular formula is C59H80Br2O13. The minimum Gasteiger partial charge on any atom is -0.496 e. The number of halogens is 2. The third-order valence-electron chi connectivity index (χ3n) is 9.45. The first-order valence-corrected chi connectivity index (χ1v) is 26.4. The van der Waals surface area contributed by atoms with E-state index in [0.29, 0.717) is 72.9 Å². The van der Waals surface area contributed by atoms with E-state index >= 15 is 0 Å². The molecule has 0 aromatic heterocycles. The number of terminal acetylenes is 1.